The summed E-state index contributed by atoms with van der Waals surface area (Å²) >= 11 is 0. The van der Waals surface area contributed by atoms with Gasteiger partial charge in [0, 0.05) is 0 Å². The SMILES string of the molecule is CCc1ccc(C(=O)O)c(O[Si](C)(C)C)c1. The smallest absolute Gasteiger partial charge is 0.339 e. The molecule has 0 unspecified atom stereocenters. The molecule has 0 amide bonds. The van der Waals surface area contributed by atoms with Crippen LogP contribution >= 0.6 is 0 Å². The molecule has 0 saturated heterocycles. The zero-order valence-corrected chi connectivity index (χ0v) is 11.2. The van der Waals surface area contributed by atoms with Crippen molar-refractivity contribution in [3.63, 3.8) is 0 Å². The molecule has 16 heavy (non-hydrogen) atoms. The van der Waals surface area contributed by atoms with Gasteiger partial charge in [0.1, 0.15) is 5.75 Å². The summed E-state index contributed by atoms with van der Waals surface area (Å²) in [7, 11) is -1.77. The van der Waals surface area contributed by atoms with Gasteiger partial charge in [-0.1, -0.05) is 13.0 Å². The van der Waals surface area contributed by atoms with Crippen molar-refractivity contribution in [3.05, 3.63) is 29.3 Å². The Balaban J connectivity index is 3.15. The zero-order chi connectivity index (χ0) is 12.3. The summed E-state index contributed by atoms with van der Waals surface area (Å²) < 4.78 is 5.79. The molecular formula is C12H18O3Si. The standard InChI is InChI=1S/C12H18O3Si/c1-5-9-6-7-10(12(13)14)11(8-9)15-16(2,3)4/h6-8H,5H2,1-4H3,(H,13,14). The normalized spacial score (nSPS) is 11.2. The van der Waals surface area contributed by atoms with Gasteiger partial charge in [-0.25, -0.2) is 4.79 Å². The van der Waals surface area contributed by atoms with E-state index in [1.54, 1.807) is 6.07 Å². The Labute approximate surface area is 97.2 Å². The van der Waals surface area contributed by atoms with Gasteiger partial charge < -0.3 is 9.53 Å². The first-order valence-corrected chi connectivity index (χ1v) is 8.79. The first-order chi connectivity index (χ1) is 7.33. The Morgan fingerprint density at radius 1 is 1.38 bits per heavy atom. The van der Waals surface area contributed by atoms with Crippen molar-refractivity contribution in [2.45, 2.75) is 33.0 Å². The highest BCUT2D eigenvalue weighted by Crippen LogP contribution is 2.24. The van der Waals surface area contributed by atoms with E-state index < -0.39 is 14.3 Å². The van der Waals surface area contributed by atoms with E-state index >= 15 is 0 Å². The molecule has 0 spiro atoms. The molecule has 1 aromatic carbocycles. The van der Waals surface area contributed by atoms with E-state index in [4.69, 9.17) is 9.53 Å². The Morgan fingerprint density at radius 2 is 2.00 bits per heavy atom. The molecule has 0 aliphatic carbocycles. The van der Waals surface area contributed by atoms with E-state index in [0.29, 0.717) is 5.75 Å². The highest BCUT2D eigenvalue weighted by Gasteiger charge is 2.20. The number of aromatic carboxylic acids is 1. The summed E-state index contributed by atoms with van der Waals surface area (Å²) in [5.41, 5.74) is 1.35. The first-order valence-electron chi connectivity index (χ1n) is 5.38. The van der Waals surface area contributed by atoms with Crippen molar-refractivity contribution >= 4 is 14.3 Å². The summed E-state index contributed by atoms with van der Waals surface area (Å²) in [6, 6.07) is 5.29. The molecule has 88 valence electrons. The number of carboxylic acids is 1. The van der Waals surface area contributed by atoms with Gasteiger partial charge in [-0.3, -0.25) is 0 Å². The monoisotopic (exact) mass is 238 g/mol. The van der Waals surface area contributed by atoms with Crippen LogP contribution in [0.3, 0.4) is 0 Å². The maximum Gasteiger partial charge on any atom is 0.339 e. The second kappa shape index (κ2) is 4.70. The Kier molecular flexibility index (Phi) is 3.75. The predicted molar refractivity (Wildman–Crippen MR) is 66.8 cm³/mol. The number of carboxylic acid groups (broad SMARTS) is 1. The number of hydrogen-bond acceptors (Lipinski definition) is 2. The van der Waals surface area contributed by atoms with E-state index in [1.807, 2.05) is 38.7 Å². The van der Waals surface area contributed by atoms with E-state index in [2.05, 4.69) is 0 Å². The zero-order valence-electron chi connectivity index (χ0n) is 10.2. The molecule has 1 aromatic rings. The van der Waals surface area contributed by atoms with Crippen LogP contribution in [0.4, 0.5) is 0 Å². The van der Waals surface area contributed by atoms with E-state index in [-0.39, 0.29) is 5.56 Å². The number of rotatable bonds is 4. The van der Waals surface area contributed by atoms with Crippen molar-refractivity contribution in [1.29, 1.82) is 0 Å². The molecule has 0 saturated carbocycles. The lowest BCUT2D eigenvalue weighted by atomic mass is 10.1. The van der Waals surface area contributed by atoms with Gasteiger partial charge >= 0.3 is 5.97 Å². The molecule has 0 heterocycles. The van der Waals surface area contributed by atoms with Crippen molar-refractivity contribution < 1.29 is 14.3 Å². The van der Waals surface area contributed by atoms with Gasteiger partial charge in [0.25, 0.3) is 0 Å². The first kappa shape index (κ1) is 12.8. The van der Waals surface area contributed by atoms with Gasteiger partial charge in [-0.2, -0.15) is 0 Å². The Hall–Kier alpha value is -1.29. The largest absolute Gasteiger partial charge is 0.544 e. The lowest BCUT2D eigenvalue weighted by Gasteiger charge is -2.21. The molecule has 0 aromatic heterocycles. The topological polar surface area (TPSA) is 46.5 Å². The van der Waals surface area contributed by atoms with Crippen LogP contribution in [0.2, 0.25) is 19.6 Å². The molecule has 0 aliphatic rings. The average Bonchev–Trinajstić information content (AvgIpc) is 2.14. The molecule has 0 bridgehead atoms. The van der Waals surface area contributed by atoms with Gasteiger partial charge in [0.15, 0.2) is 0 Å². The molecular weight excluding hydrogens is 220 g/mol. The molecule has 0 aliphatic heterocycles. The Morgan fingerprint density at radius 3 is 2.44 bits per heavy atom. The van der Waals surface area contributed by atoms with Crippen LogP contribution in [-0.4, -0.2) is 19.4 Å². The molecule has 0 radical (unpaired) electrons. The summed E-state index contributed by atoms with van der Waals surface area (Å²) in [5.74, 6) is -0.429. The third kappa shape index (κ3) is 3.38. The highest BCUT2D eigenvalue weighted by atomic mass is 28.4. The second-order valence-corrected chi connectivity index (χ2v) is 9.13. The maximum absolute atomic E-state index is 11.0. The van der Waals surface area contributed by atoms with Crippen LogP contribution in [0.15, 0.2) is 18.2 Å². The number of aryl methyl sites for hydroxylation is 1. The van der Waals surface area contributed by atoms with Crippen LogP contribution in [0.25, 0.3) is 0 Å². The Bertz CT molecular complexity index is 394. The van der Waals surface area contributed by atoms with E-state index in [0.717, 1.165) is 12.0 Å². The maximum atomic E-state index is 11.0. The summed E-state index contributed by atoms with van der Waals surface area (Å²) in [6.07, 6.45) is 0.877. The minimum atomic E-state index is -1.77. The van der Waals surface area contributed by atoms with Crippen LogP contribution in [-0.2, 0) is 6.42 Å². The third-order valence-electron chi connectivity index (χ3n) is 2.10. The van der Waals surface area contributed by atoms with Gasteiger partial charge in [-0.05, 0) is 43.8 Å². The molecule has 4 heteroatoms. The van der Waals surface area contributed by atoms with Gasteiger partial charge in [0.2, 0.25) is 8.32 Å². The van der Waals surface area contributed by atoms with Crippen LogP contribution < -0.4 is 4.43 Å². The van der Waals surface area contributed by atoms with Crippen molar-refractivity contribution in [3.8, 4) is 5.75 Å². The van der Waals surface area contributed by atoms with Crippen LogP contribution in [0.1, 0.15) is 22.8 Å². The lowest BCUT2D eigenvalue weighted by Crippen LogP contribution is -2.30. The second-order valence-electron chi connectivity index (χ2n) is 4.70. The van der Waals surface area contributed by atoms with E-state index in [1.165, 1.54) is 0 Å². The van der Waals surface area contributed by atoms with Gasteiger partial charge in [0.05, 0.1) is 5.56 Å². The van der Waals surface area contributed by atoms with Crippen LogP contribution in [0, 0.1) is 0 Å². The van der Waals surface area contributed by atoms with Crippen molar-refractivity contribution in [2.24, 2.45) is 0 Å². The summed E-state index contributed by atoms with van der Waals surface area (Å²) in [4.78, 5) is 11.0. The van der Waals surface area contributed by atoms with Crippen molar-refractivity contribution in [2.75, 3.05) is 0 Å². The molecule has 3 nitrogen and oxygen atoms in total. The minimum Gasteiger partial charge on any atom is -0.544 e. The fourth-order valence-corrected chi connectivity index (χ4v) is 2.21. The fourth-order valence-electron chi connectivity index (χ4n) is 1.38. The fraction of sp³-hybridized carbons (Fsp3) is 0.417. The van der Waals surface area contributed by atoms with E-state index in [9.17, 15) is 4.79 Å². The molecule has 1 N–H and O–H groups in total. The number of benzene rings is 1. The molecule has 1 rings (SSSR count). The minimum absolute atomic E-state index is 0.250. The van der Waals surface area contributed by atoms with Gasteiger partial charge in [-0.15, -0.1) is 0 Å². The highest BCUT2D eigenvalue weighted by molar-refractivity contribution is 6.70. The molecule has 0 fully saturated rings. The quantitative estimate of drug-likeness (QED) is 0.820. The third-order valence-corrected chi connectivity index (χ3v) is 2.93. The molecule has 0 atom stereocenters. The summed E-state index contributed by atoms with van der Waals surface area (Å²) in [6.45, 7) is 8.15. The summed E-state index contributed by atoms with van der Waals surface area (Å²) in [5, 5.41) is 9.06. The van der Waals surface area contributed by atoms with Crippen LogP contribution in [0.5, 0.6) is 5.75 Å². The average molecular weight is 238 g/mol. The lowest BCUT2D eigenvalue weighted by molar-refractivity contribution is 0.0695. The number of hydrogen-bond donors (Lipinski definition) is 1. The number of carbonyl (C=O) groups is 1. The van der Waals surface area contributed by atoms with Crippen molar-refractivity contribution in [1.82, 2.24) is 0 Å². The predicted octanol–water partition coefficient (Wildman–Crippen LogP) is 3.16.